The van der Waals surface area contributed by atoms with Crippen molar-refractivity contribution in [2.75, 3.05) is 0 Å². The molecule has 18 heavy (non-hydrogen) atoms. The molecule has 0 amide bonds. The Labute approximate surface area is 113 Å². The van der Waals surface area contributed by atoms with Crippen LogP contribution >= 0.6 is 0 Å². The molecule has 0 aliphatic rings. The first kappa shape index (κ1) is 17.2. The molecule has 1 atom stereocenters. The van der Waals surface area contributed by atoms with Gasteiger partial charge in [-0.2, -0.15) is 5.26 Å². The number of hydrogen-bond acceptors (Lipinski definition) is 2. The summed E-state index contributed by atoms with van der Waals surface area (Å²) in [6, 6.07) is 2.16. The summed E-state index contributed by atoms with van der Waals surface area (Å²) in [6.07, 6.45) is 11.5. The molecule has 0 N–H and O–H groups in total. The van der Waals surface area contributed by atoms with E-state index in [1.54, 1.807) is 0 Å². The molecule has 0 radical (unpaired) electrons. The third-order valence-corrected chi connectivity index (χ3v) is 3.48. The van der Waals surface area contributed by atoms with Crippen molar-refractivity contribution in [2.24, 2.45) is 5.92 Å². The normalized spacial score (nSPS) is 12.1. The molecule has 0 saturated carbocycles. The topological polar surface area (TPSA) is 40.9 Å². The minimum absolute atomic E-state index is 0.00518. The van der Waals surface area contributed by atoms with Crippen LogP contribution in [0.3, 0.4) is 0 Å². The van der Waals surface area contributed by atoms with Gasteiger partial charge in [0.2, 0.25) is 0 Å². The van der Waals surface area contributed by atoms with Gasteiger partial charge in [-0.3, -0.25) is 4.79 Å². The maximum atomic E-state index is 12.0. The lowest BCUT2D eigenvalue weighted by Gasteiger charge is -2.11. The van der Waals surface area contributed by atoms with Crippen LogP contribution in [0, 0.1) is 17.2 Å². The minimum Gasteiger partial charge on any atom is -0.299 e. The van der Waals surface area contributed by atoms with Crippen LogP contribution in [-0.4, -0.2) is 5.78 Å². The van der Waals surface area contributed by atoms with E-state index in [1.165, 1.54) is 32.1 Å². The highest BCUT2D eigenvalue weighted by Gasteiger charge is 2.16. The van der Waals surface area contributed by atoms with Gasteiger partial charge in [0.1, 0.15) is 5.78 Å². The Morgan fingerprint density at radius 3 is 2.22 bits per heavy atom. The summed E-state index contributed by atoms with van der Waals surface area (Å²) in [4.78, 5) is 12.0. The Kier molecular flexibility index (Phi) is 12.0. The maximum absolute atomic E-state index is 12.0. The zero-order valence-corrected chi connectivity index (χ0v) is 12.2. The zero-order valence-electron chi connectivity index (χ0n) is 12.2. The van der Waals surface area contributed by atoms with Crippen LogP contribution in [0.1, 0.15) is 84.5 Å². The number of rotatable bonds is 12. The zero-order chi connectivity index (χ0) is 13.6. The van der Waals surface area contributed by atoms with Gasteiger partial charge in [-0.15, -0.1) is 0 Å². The SMILES string of the molecule is CCCCCCCCC(=O)C(CC#N)CCCC. The number of Topliss-reactive ketones (excluding diaryl/α,β-unsaturated/α-hetero) is 1. The highest BCUT2D eigenvalue weighted by molar-refractivity contribution is 5.81. The molecule has 0 aromatic rings. The molecule has 2 heteroatoms. The first-order chi connectivity index (χ1) is 8.76. The first-order valence-electron chi connectivity index (χ1n) is 7.65. The van der Waals surface area contributed by atoms with Gasteiger partial charge >= 0.3 is 0 Å². The standard InChI is InChI=1S/C16H29NO/c1-3-5-7-8-9-10-12-16(18)15(13-14-17)11-6-4-2/h15H,3-13H2,1-2H3. The van der Waals surface area contributed by atoms with Crippen molar-refractivity contribution in [1.29, 1.82) is 5.26 Å². The van der Waals surface area contributed by atoms with Gasteiger partial charge in [0.25, 0.3) is 0 Å². The third-order valence-electron chi connectivity index (χ3n) is 3.48. The van der Waals surface area contributed by atoms with E-state index in [1.807, 2.05) is 0 Å². The summed E-state index contributed by atoms with van der Waals surface area (Å²) < 4.78 is 0. The molecule has 1 unspecified atom stereocenters. The average molecular weight is 251 g/mol. The van der Waals surface area contributed by atoms with Crippen molar-refractivity contribution >= 4 is 5.78 Å². The van der Waals surface area contributed by atoms with Gasteiger partial charge in [-0.1, -0.05) is 58.8 Å². The Bertz CT molecular complexity index is 242. The van der Waals surface area contributed by atoms with Crippen molar-refractivity contribution in [3.8, 4) is 6.07 Å². The lowest BCUT2D eigenvalue weighted by molar-refractivity contribution is -0.123. The van der Waals surface area contributed by atoms with E-state index < -0.39 is 0 Å². The molecule has 0 bridgehead atoms. The van der Waals surface area contributed by atoms with Crippen molar-refractivity contribution in [1.82, 2.24) is 0 Å². The number of carbonyl (C=O) groups excluding carboxylic acids is 1. The number of carbonyl (C=O) groups is 1. The van der Waals surface area contributed by atoms with Crippen molar-refractivity contribution in [3.63, 3.8) is 0 Å². The fraction of sp³-hybridized carbons (Fsp3) is 0.875. The highest BCUT2D eigenvalue weighted by atomic mass is 16.1. The Morgan fingerprint density at radius 1 is 1.00 bits per heavy atom. The molecule has 0 aromatic carbocycles. The fourth-order valence-corrected chi connectivity index (χ4v) is 2.22. The molecule has 0 aromatic heterocycles. The van der Waals surface area contributed by atoms with Crippen LogP contribution in [0.5, 0.6) is 0 Å². The number of nitriles is 1. The van der Waals surface area contributed by atoms with Gasteiger partial charge in [-0.05, 0) is 12.8 Å². The van der Waals surface area contributed by atoms with E-state index >= 15 is 0 Å². The Balaban J connectivity index is 3.71. The third kappa shape index (κ3) is 9.22. The monoisotopic (exact) mass is 251 g/mol. The maximum Gasteiger partial charge on any atom is 0.137 e. The molecule has 2 nitrogen and oxygen atoms in total. The summed E-state index contributed by atoms with van der Waals surface area (Å²) in [6.45, 7) is 4.34. The van der Waals surface area contributed by atoms with Crippen LogP contribution in [0.2, 0.25) is 0 Å². The van der Waals surface area contributed by atoms with Gasteiger partial charge in [0.05, 0.1) is 6.07 Å². The molecule has 0 fully saturated rings. The van der Waals surface area contributed by atoms with E-state index in [0.717, 1.165) is 25.7 Å². The first-order valence-corrected chi connectivity index (χ1v) is 7.65. The second-order valence-electron chi connectivity index (χ2n) is 5.19. The predicted octanol–water partition coefficient (Wildman–Crippen LogP) is 5.03. The molecule has 0 aliphatic carbocycles. The summed E-state index contributed by atoms with van der Waals surface area (Å²) in [5.41, 5.74) is 0. The molecule has 0 aliphatic heterocycles. The second-order valence-corrected chi connectivity index (χ2v) is 5.19. The Hall–Kier alpha value is -0.840. The minimum atomic E-state index is 0.00518. The van der Waals surface area contributed by atoms with E-state index in [0.29, 0.717) is 18.6 Å². The van der Waals surface area contributed by atoms with Gasteiger partial charge in [0, 0.05) is 18.8 Å². The van der Waals surface area contributed by atoms with Crippen molar-refractivity contribution in [2.45, 2.75) is 84.5 Å². The van der Waals surface area contributed by atoms with Crippen molar-refractivity contribution in [3.05, 3.63) is 0 Å². The Morgan fingerprint density at radius 2 is 1.61 bits per heavy atom. The summed E-state index contributed by atoms with van der Waals surface area (Å²) in [5, 5.41) is 8.75. The summed E-state index contributed by atoms with van der Waals surface area (Å²) in [7, 11) is 0. The van der Waals surface area contributed by atoms with Gasteiger partial charge in [-0.25, -0.2) is 0 Å². The molecule has 0 saturated heterocycles. The van der Waals surface area contributed by atoms with Gasteiger partial charge < -0.3 is 0 Å². The van der Waals surface area contributed by atoms with Crippen LogP contribution in [0.4, 0.5) is 0 Å². The second kappa shape index (κ2) is 12.6. The number of hydrogen-bond donors (Lipinski definition) is 0. The van der Waals surface area contributed by atoms with E-state index in [4.69, 9.17) is 5.26 Å². The van der Waals surface area contributed by atoms with Crippen LogP contribution in [0.25, 0.3) is 0 Å². The number of ketones is 1. The molecular weight excluding hydrogens is 222 g/mol. The molecule has 104 valence electrons. The smallest absolute Gasteiger partial charge is 0.137 e. The van der Waals surface area contributed by atoms with Gasteiger partial charge in [0.15, 0.2) is 0 Å². The highest BCUT2D eigenvalue weighted by Crippen LogP contribution is 2.17. The van der Waals surface area contributed by atoms with Crippen LogP contribution < -0.4 is 0 Å². The van der Waals surface area contributed by atoms with E-state index in [9.17, 15) is 4.79 Å². The van der Waals surface area contributed by atoms with Crippen LogP contribution in [0.15, 0.2) is 0 Å². The molecule has 0 spiro atoms. The lowest BCUT2D eigenvalue weighted by atomic mass is 9.91. The number of nitrogens with zero attached hydrogens (tertiary/aromatic N) is 1. The quantitative estimate of drug-likeness (QED) is 0.457. The molecular formula is C16H29NO. The lowest BCUT2D eigenvalue weighted by Crippen LogP contribution is -2.14. The van der Waals surface area contributed by atoms with E-state index in [-0.39, 0.29) is 5.92 Å². The molecule has 0 rings (SSSR count). The summed E-state index contributed by atoms with van der Waals surface area (Å²) >= 11 is 0. The predicted molar refractivity (Wildman–Crippen MR) is 76.2 cm³/mol. The summed E-state index contributed by atoms with van der Waals surface area (Å²) in [5.74, 6) is 0.325. The fourth-order valence-electron chi connectivity index (χ4n) is 2.22. The van der Waals surface area contributed by atoms with Crippen molar-refractivity contribution < 1.29 is 4.79 Å². The van der Waals surface area contributed by atoms with E-state index in [2.05, 4.69) is 19.9 Å². The molecule has 0 heterocycles. The van der Waals surface area contributed by atoms with Crippen LogP contribution in [-0.2, 0) is 4.79 Å². The number of unbranched alkanes of at least 4 members (excludes halogenated alkanes) is 6. The average Bonchev–Trinajstić information content (AvgIpc) is 2.38. The largest absolute Gasteiger partial charge is 0.299 e.